The third-order valence-electron chi connectivity index (χ3n) is 9.70. The lowest BCUT2D eigenvalue weighted by molar-refractivity contribution is -0.759. The van der Waals surface area contributed by atoms with Crippen molar-refractivity contribution in [2.45, 2.75) is 49.9 Å². The van der Waals surface area contributed by atoms with Crippen LogP contribution in [0.25, 0.3) is 5.76 Å². The number of aromatic hydroxyl groups is 1. The normalized spacial score (nSPS) is 32.3. The van der Waals surface area contributed by atoms with E-state index in [9.17, 15) is 50.0 Å². The van der Waals surface area contributed by atoms with Gasteiger partial charge >= 0.3 is 0 Å². The van der Waals surface area contributed by atoms with Gasteiger partial charge in [-0.25, -0.2) is 0 Å². The molecule has 1 saturated heterocycles. The molecule has 1 aromatic carbocycles. The highest BCUT2D eigenvalue weighted by Crippen LogP contribution is 2.56. The molecule has 3 aliphatic carbocycles. The van der Waals surface area contributed by atoms with Crippen LogP contribution in [0.3, 0.4) is 0 Å². The smallest absolute Gasteiger partial charge is 0.294 e. The van der Waals surface area contributed by atoms with Gasteiger partial charge in [0.2, 0.25) is 5.78 Å². The maximum atomic E-state index is 14.2. The summed E-state index contributed by atoms with van der Waals surface area (Å²) in [5.41, 5.74) is -3.66. The van der Waals surface area contributed by atoms with Gasteiger partial charge in [-0.3, -0.25) is 19.3 Å². The highest BCUT2D eigenvalue weighted by Gasteiger charge is 2.68. The number of piperidine rings is 1. The van der Waals surface area contributed by atoms with Crippen LogP contribution in [-0.2, 0) is 19.2 Å². The molecule has 1 unspecified atom stereocenters. The fourth-order valence-electron chi connectivity index (χ4n) is 7.65. The van der Waals surface area contributed by atoms with E-state index in [1.807, 2.05) is 4.90 Å². The first-order chi connectivity index (χ1) is 20.7. The molecule has 2 fully saturated rings. The molecule has 0 spiro atoms. The molecular weight excluding hydrogens is 578 g/mol. The molecule has 5 rings (SSSR count). The van der Waals surface area contributed by atoms with E-state index < -0.39 is 80.6 Å². The highest BCUT2D eigenvalue weighted by molar-refractivity contribution is 6.25. The summed E-state index contributed by atoms with van der Waals surface area (Å²) in [5.74, 6) is -8.43. The number of carbonyl (C=O) groups excluding carboxylic acids is 3. The van der Waals surface area contributed by atoms with E-state index in [-0.39, 0.29) is 36.8 Å². The minimum absolute atomic E-state index is 0.0342. The van der Waals surface area contributed by atoms with Gasteiger partial charge in [0.15, 0.2) is 17.2 Å². The predicted octanol–water partition coefficient (Wildman–Crippen LogP) is 0.890. The molecule has 1 aromatic rings. The van der Waals surface area contributed by atoms with E-state index in [1.165, 1.54) is 25.1 Å². The average Bonchev–Trinajstić information content (AvgIpc) is 2.97. The Kier molecular flexibility index (Phi) is 8.31. The number of nitrogens with zero attached hydrogens (tertiary/aromatic N) is 3. The van der Waals surface area contributed by atoms with E-state index in [1.54, 1.807) is 19.1 Å². The lowest BCUT2D eigenvalue weighted by atomic mass is 9.54. The van der Waals surface area contributed by atoms with Crippen LogP contribution >= 0.6 is 0 Å². The number of phenols is 1. The highest BCUT2D eigenvalue weighted by atomic mass is 16.9. The largest absolute Gasteiger partial charge is 0.508 e. The second kappa shape index (κ2) is 11.6. The van der Waals surface area contributed by atoms with Crippen molar-refractivity contribution in [1.82, 2.24) is 9.80 Å². The Morgan fingerprint density at radius 2 is 1.93 bits per heavy atom. The Morgan fingerprint density at radius 3 is 2.59 bits per heavy atom. The number of fused-ring (bicyclic) bond motifs is 3. The van der Waals surface area contributed by atoms with Crippen molar-refractivity contribution in [2.24, 2.45) is 17.8 Å². The lowest BCUT2D eigenvalue weighted by Gasteiger charge is -2.53. The van der Waals surface area contributed by atoms with Crippen LogP contribution in [0.2, 0.25) is 0 Å². The second-order valence-corrected chi connectivity index (χ2v) is 12.4. The third kappa shape index (κ3) is 4.85. The van der Waals surface area contributed by atoms with E-state index in [0.717, 1.165) is 0 Å². The molecule has 0 bridgehead atoms. The van der Waals surface area contributed by atoms with Gasteiger partial charge in [0.25, 0.3) is 5.09 Å². The zero-order chi connectivity index (χ0) is 32.2. The number of likely N-dealkylation sites (tertiary alicyclic amines) is 1. The maximum absolute atomic E-state index is 14.2. The molecule has 0 amide bonds. The number of benzene rings is 1. The molecule has 0 radical (unpaired) electrons. The average molecular weight is 616 g/mol. The topological polar surface area (TPSA) is 211 Å². The summed E-state index contributed by atoms with van der Waals surface area (Å²) in [6.45, 7) is 2.75. The van der Waals surface area contributed by atoms with E-state index in [2.05, 4.69) is 4.84 Å². The zero-order valence-corrected chi connectivity index (χ0v) is 24.7. The molecule has 1 saturated carbocycles. The van der Waals surface area contributed by atoms with Crippen molar-refractivity contribution in [3.05, 3.63) is 56.3 Å². The van der Waals surface area contributed by atoms with Gasteiger partial charge in [0.1, 0.15) is 29.4 Å². The molecular formula is C30H37N3O11. The van der Waals surface area contributed by atoms with Crippen molar-refractivity contribution in [3.63, 3.8) is 0 Å². The molecule has 4 aliphatic rings. The van der Waals surface area contributed by atoms with Crippen molar-refractivity contribution in [2.75, 3.05) is 40.3 Å². The predicted molar refractivity (Wildman–Crippen MR) is 153 cm³/mol. The van der Waals surface area contributed by atoms with E-state index >= 15 is 0 Å². The Bertz CT molecular complexity index is 1470. The Morgan fingerprint density at radius 1 is 1.23 bits per heavy atom. The number of ketones is 3. The van der Waals surface area contributed by atoms with Crippen LogP contribution in [0.4, 0.5) is 0 Å². The van der Waals surface area contributed by atoms with Crippen molar-refractivity contribution in [3.8, 4) is 5.75 Å². The fourth-order valence-corrected chi connectivity index (χ4v) is 7.65. The number of likely N-dealkylation sites (N-methyl/N-ethyl adjacent to an activating group) is 1. The van der Waals surface area contributed by atoms with Gasteiger partial charge in [-0.05, 0) is 56.9 Å². The summed E-state index contributed by atoms with van der Waals surface area (Å²) < 4.78 is 0. The molecule has 5 N–H and O–H groups in total. The SMILES string of the molecule is C[C@H]1c2cccc(O)c2C(O)=C2C(=O)[C@]3(O)C(O)=C(C(=O)CCN4CCCC(CO[N+](=O)[O-])C4)C(=O)[C@@H](N(C)C)[C@@H]3[C@@H](O)[C@@H]21. The Hall–Kier alpha value is -3.85. The number of phenolic OH excluding ortho intramolecular Hbond substituents is 1. The van der Waals surface area contributed by atoms with Crippen LogP contribution < -0.4 is 0 Å². The summed E-state index contributed by atoms with van der Waals surface area (Å²) >= 11 is 0. The molecule has 44 heavy (non-hydrogen) atoms. The first-order valence-electron chi connectivity index (χ1n) is 14.6. The number of carbonyl (C=O) groups is 3. The van der Waals surface area contributed by atoms with Crippen LogP contribution in [0.1, 0.15) is 43.2 Å². The van der Waals surface area contributed by atoms with E-state index in [4.69, 9.17) is 0 Å². The van der Waals surface area contributed by atoms with Gasteiger partial charge in [-0.2, -0.15) is 0 Å². The number of aliphatic hydroxyl groups is 4. The molecule has 1 heterocycles. The fraction of sp³-hybridized carbons (Fsp3) is 0.567. The van der Waals surface area contributed by atoms with Crippen molar-refractivity contribution >= 4 is 23.1 Å². The van der Waals surface area contributed by atoms with Crippen molar-refractivity contribution in [1.29, 1.82) is 0 Å². The summed E-state index contributed by atoms with van der Waals surface area (Å²) in [6.07, 6.45) is -0.473. The molecule has 14 nitrogen and oxygen atoms in total. The molecule has 7 atom stereocenters. The molecule has 238 valence electrons. The summed E-state index contributed by atoms with van der Waals surface area (Å²) in [5, 5.41) is 66.7. The van der Waals surface area contributed by atoms with Gasteiger partial charge in [0.05, 0.1) is 23.6 Å². The summed E-state index contributed by atoms with van der Waals surface area (Å²) in [7, 11) is 2.98. The summed E-state index contributed by atoms with van der Waals surface area (Å²) in [6, 6.07) is 3.13. The van der Waals surface area contributed by atoms with Gasteiger partial charge < -0.3 is 35.3 Å². The van der Waals surface area contributed by atoms with Crippen LogP contribution in [-0.4, -0.2) is 116 Å². The Labute approximate surface area is 252 Å². The van der Waals surface area contributed by atoms with Crippen LogP contribution in [0.15, 0.2) is 35.1 Å². The third-order valence-corrected chi connectivity index (χ3v) is 9.70. The summed E-state index contributed by atoms with van der Waals surface area (Å²) in [4.78, 5) is 59.9. The standard InChI is InChI=1S/C30H37N3O11/c1-14-16-7-4-8-17(34)20(16)25(36)22-19(14)26(37)23-24(31(2)3)27(38)21(28(39)30(23,41)29(22)40)18(35)9-11-32-10-5-6-15(12-32)13-44-33(42)43/h4,7-8,14-15,19,23-24,26,34,36-37,39,41H,5-6,9-13H2,1-3H3/t14-,15?,19+,23+,24-,26-,30+/m0/s1. The number of Topliss-reactive ketones (excluding diaryl/α,β-unsaturated/α-hetero) is 3. The van der Waals surface area contributed by atoms with E-state index in [0.29, 0.717) is 31.5 Å². The molecule has 14 heteroatoms. The zero-order valence-electron chi connectivity index (χ0n) is 24.7. The number of hydrogen-bond donors (Lipinski definition) is 5. The number of aliphatic hydroxyl groups excluding tert-OH is 3. The van der Waals surface area contributed by atoms with Crippen molar-refractivity contribution < 1.29 is 49.8 Å². The van der Waals surface area contributed by atoms with Crippen LogP contribution in [0.5, 0.6) is 5.75 Å². The van der Waals surface area contributed by atoms with Gasteiger partial charge in [-0.15, -0.1) is 10.1 Å². The molecule has 0 aromatic heterocycles. The minimum atomic E-state index is -2.93. The van der Waals surface area contributed by atoms with Gasteiger partial charge in [-0.1, -0.05) is 19.1 Å². The van der Waals surface area contributed by atoms with Gasteiger partial charge in [0, 0.05) is 31.0 Å². The monoisotopic (exact) mass is 615 g/mol. The first kappa shape index (κ1) is 31.6. The lowest BCUT2D eigenvalue weighted by Crippen LogP contribution is -2.70. The quantitative estimate of drug-likeness (QED) is 0.156. The molecule has 1 aliphatic heterocycles. The second-order valence-electron chi connectivity index (χ2n) is 12.4. The minimum Gasteiger partial charge on any atom is -0.508 e. The Balaban J connectivity index is 1.51. The van der Waals surface area contributed by atoms with Crippen LogP contribution in [0, 0.1) is 27.9 Å². The first-order valence-corrected chi connectivity index (χ1v) is 14.6. The maximum Gasteiger partial charge on any atom is 0.294 e. The number of hydrogen-bond acceptors (Lipinski definition) is 13. The number of rotatable bonds is 8.